The van der Waals surface area contributed by atoms with Crippen LogP contribution in [0.4, 0.5) is 0 Å². The number of phenolic OH excluding ortho intramolecular Hbond substituents is 1. The van der Waals surface area contributed by atoms with Gasteiger partial charge in [0.05, 0.1) is 13.2 Å². The zero-order chi connectivity index (χ0) is 10.0. The van der Waals surface area contributed by atoms with Gasteiger partial charge < -0.3 is 14.9 Å². The van der Waals surface area contributed by atoms with E-state index in [-0.39, 0.29) is 5.75 Å². The summed E-state index contributed by atoms with van der Waals surface area (Å²) >= 11 is 0. The Morgan fingerprint density at radius 2 is 2.00 bits per heavy atom. The minimum absolute atomic E-state index is 0.131. The maximum Gasteiger partial charge on any atom is 0.161 e. The van der Waals surface area contributed by atoms with Crippen molar-refractivity contribution in [2.24, 2.45) is 0 Å². The van der Waals surface area contributed by atoms with Crippen LogP contribution < -0.4 is 4.74 Å². The molecule has 0 amide bonds. The van der Waals surface area contributed by atoms with E-state index in [1.807, 2.05) is 0 Å². The fraction of sp³-hybridized carbons (Fsp3) is 0.400. The van der Waals surface area contributed by atoms with E-state index in [1.54, 1.807) is 26.0 Å². The number of methoxy groups -OCH3 is 1. The topological polar surface area (TPSA) is 49.7 Å². The van der Waals surface area contributed by atoms with E-state index >= 15 is 0 Å². The third kappa shape index (κ3) is 1.92. The molecule has 1 aromatic rings. The number of aliphatic hydroxyl groups is 1. The molecule has 3 heteroatoms. The summed E-state index contributed by atoms with van der Waals surface area (Å²) in [7, 11) is 1.49. The summed E-state index contributed by atoms with van der Waals surface area (Å²) in [6.45, 7) is 3.44. The average molecular weight is 182 g/mol. The van der Waals surface area contributed by atoms with Crippen LogP contribution in [0.2, 0.25) is 0 Å². The Morgan fingerprint density at radius 1 is 1.38 bits per heavy atom. The Morgan fingerprint density at radius 3 is 2.46 bits per heavy atom. The average Bonchev–Trinajstić information content (AvgIpc) is 2.09. The van der Waals surface area contributed by atoms with Crippen molar-refractivity contribution in [2.45, 2.75) is 20.0 Å². The largest absolute Gasteiger partial charge is 0.504 e. The van der Waals surface area contributed by atoms with Crippen molar-refractivity contribution in [2.75, 3.05) is 7.11 Å². The minimum Gasteiger partial charge on any atom is -0.504 e. The fourth-order valence-corrected chi connectivity index (χ4v) is 1.17. The van der Waals surface area contributed by atoms with E-state index in [4.69, 9.17) is 4.74 Å². The maximum atomic E-state index is 9.50. The fourth-order valence-electron chi connectivity index (χ4n) is 1.17. The highest BCUT2D eigenvalue weighted by Gasteiger charge is 2.09. The number of hydrogen-bond donors (Lipinski definition) is 2. The van der Waals surface area contributed by atoms with Gasteiger partial charge in [0.25, 0.3) is 0 Å². The lowest BCUT2D eigenvalue weighted by atomic mass is 10.1. The number of phenols is 1. The quantitative estimate of drug-likeness (QED) is 0.732. The first-order valence-electron chi connectivity index (χ1n) is 4.11. The van der Waals surface area contributed by atoms with Crippen molar-refractivity contribution in [3.63, 3.8) is 0 Å². The van der Waals surface area contributed by atoms with Gasteiger partial charge >= 0.3 is 0 Å². The van der Waals surface area contributed by atoms with Gasteiger partial charge in [-0.1, -0.05) is 0 Å². The van der Waals surface area contributed by atoms with Crippen molar-refractivity contribution in [1.82, 2.24) is 0 Å². The molecular weight excluding hydrogens is 168 g/mol. The van der Waals surface area contributed by atoms with Gasteiger partial charge in [-0.25, -0.2) is 0 Å². The van der Waals surface area contributed by atoms with E-state index < -0.39 is 6.10 Å². The molecule has 0 saturated carbocycles. The molecular formula is C10H14O3. The van der Waals surface area contributed by atoms with Gasteiger partial charge in [0, 0.05) is 0 Å². The number of ether oxygens (including phenoxy) is 1. The van der Waals surface area contributed by atoms with Gasteiger partial charge in [-0.2, -0.15) is 0 Å². The zero-order valence-corrected chi connectivity index (χ0v) is 8.03. The van der Waals surface area contributed by atoms with Crippen LogP contribution in [-0.4, -0.2) is 17.3 Å². The lowest BCUT2D eigenvalue weighted by Crippen LogP contribution is -1.94. The standard InChI is InChI=1S/C10H14O3/c1-6-4-8(7(2)11)5-9(13-3)10(6)12/h4-5,7,11-12H,1-3H3. The molecule has 1 unspecified atom stereocenters. The highest BCUT2D eigenvalue weighted by atomic mass is 16.5. The summed E-state index contributed by atoms with van der Waals surface area (Å²) in [6.07, 6.45) is -0.548. The molecule has 0 saturated heterocycles. The third-order valence-corrected chi connectivity index (χ3v) is 1.99. The molecule has 1 atom stereocenters. The Balaban J connectivity index is 3.22. The van der Waals surface area contributed by atoms with Crippen molar-refractivity contribution < 1.29 is 14.9 Å². The van der Waals surface area contributed by atoms with E-state index in [2.05, 4.69) is 0 Å². The molecule has 0 bridgehead atoms. The van der Waals surface area contributed by atoms with E-state index in [0.717, 1.165) is 5.56 Å². The molecule has 0 aliphatic carbocycles. The molecule has 0 fully saturated rings. The van der Waals surface area contributed by atoms with Crippen LogP contribution in [0.25, 0.3) is 0 Å². The van der Waals surface area contributed by atoms with Crippen LogP contribution in [0, 0.1) is 6.92 Å². The smallest absolute Gasteiger partial charge is 0.161 e. The number of hydrogen-bond acceptors (Lipinski definition) is 3. The molecule has 2 N–H and O–H groups in total. The molecule has 13 heavy (non-hydrogen) atoms. The van der Waals surface area contributed by atoms with Crippen molar-refractivity contribution in [3.05, 3.63) is 23.3 Å². The first kappa shape index (κ1) is 9.86. The maximum absolute atomic E-state index is 9.50. The van der Waals surface area contributed by atoms with Crippen LogP contribution in [0.5, 0.6) is 11.5 Å². The van der Waals surface area contributed by atoms with Gasteiger partial charge in [-0.05, 0) is 37.1 Å². The molecule has 3 nitrogen and oxygen atoms in total. The van der Waals surface area contributed by atoms with Gasteiger partial charge in [0.1, 0.15) is 0 Å². The van der Waals surface area contributed by atoms with Crippen LogP contribution in [0.1, 0.15) is 24.2 Å². The molecule has 72 valence electrons. The van der Waals surface area contributed by atoms with E-state index in [0.29, 0.717) is 11.3 Å². The molecule has 1 rings (SSSR count). The lowest BCUT2D eigenvalue weighted by Gasteiger charge is -2.11. The third-order valence-electron chi connectivity index (χ3n) is 1.99. The predicted octanol–water partition coefficient (Wildman–Crippen LogP) is 1.76. The summed E-state index contributed by atoms with van der Waals surface area (Å²) in [6, 6.07) is 3.37. The second kappa shape index (κ2) is 3.66. The zero-order valence-electron chi connectivity index (χ0n) is 8.03. The second-order valence-electron chi connectivity index (χ2n) is 3.06. The normalized spacial score (nSPS) is 12.6. The van der Waals surface area contributed by atoms with Gasteiger partial charge in [0.15, 0.2) is 11.5 Å². The molecule has 0 radical (unpaired) electrons. The number of aromatic hydroxyl groups is 1. The summed E-state index contributed by atoms with van der Waals surface area (Å²) in [5.41, 5.74) is 1.45. The predicted molar refractivity (Wildman–Crippen MR) is 50.0 cm³/mol. The number of benzene rings is 1. The van der Waals surface area contributed by atoms with Crippen molar-refractivity contribution in [1.29, 1.82) is 0 Å². The SMILES string of the molecule is COc1cc(C(C)O)cc(C)c1O. The van der Waals surface area contributed by atoms with Gasteiger partial charge in [-0.3, -0.25) is 0 Å². The molecule has 1 aromatic carbocycles. The molecule has 0 aromatic heterocycles. The number of aryl methyl sites for hydroxylation is 1. The minimum atomic E-state index is -0.548. The highest BCUT2D eigenvalue weighted by molar-refractivity contribution is 5.48. The Kier molecular flexibility index (Phi) is 2.78. The summed E-state index contributed by atoms with van der Waals surface area (Å²) in [4.78, 5) is 0. The van der Waals surface area contributed by atoms with Crippen LogP contribution in [0.15, 0.2) is 12.1 Å². The first-order valence-corrected chi connectivity index (χ1v) is 4.11. The molecule has 0 aliphatic heterocycles. The monoisotopic (exact) mass is 182 g/mol. The van der Waals surface area contributed by atoms with Crippen LogP contribution >= 0.6 is 0 Å². The van der Waals surface area contributed by atoms with Crippen LogP contribution in [-0.2, 0) is 0 Å². The summed E-state index contributed by atoms with van der Waals surface area (Å²) < 4.78 is 4.96. The van der Waals surface area contributed by atoms with Crippen molar-refractivity contribution in [3.8, 4) is 11.5 Å². The number of aliphatic hydroxyl groups excluding tert-OH is 1. The first-order chi connectivity index (χ1) is 6.06. The summed E-state index contributed by atoms with van der Waals surface area (Å²) in [5, 5.41) is 18.8. The van der Waals surface area contributed by atoms with E-state index in [1.165, 1.54) is 7.11 Å². The molecule has 0 aliphatic rings. The van der Waals surface area contributed by atoms with Crippen molar-refractivity contribution >= 4 is 0 Å². The Labute approximate surface area is 77.6 Å². The Hall–Kier alpha value is -1.22. The van der Waals surface area contributed by atoms with E-state index in [9.17, 15) is 10.2 Å². The lowest BCUT2D eigenvalue weighted by molar-refractivity contribution is 0.198. The second-order valence-corrected chi connectivity index (χ2v) is 3.06. The molecule has 0 heterocycles. The summed E-state index contributed by atoms with van der Waals surface area (Å²) in [5.74, 6) is 0.530. The Bertz CT molecular complexity index is 305. The number of rotatable bonds is 2. The van der Waals surface area contributed by atoms with Gasteiger partial charge in [0.2, 0.25) is 0 Å². The molecule has 0 spiro atoms. The highest BCUT2D eigenvalue weighted by Crippen LogP contribution is 2.32. The van der Waals surface area contributed by atoms with Crippen LogP contribution in [0.3, 0.4) is 0 Å². The van der Waals surface area contributed by atoms with Gasteiger partial charge in [-0.15, -0.1) is 0 Å².